The first-order chi connectivity index (χ1) is 14.9. The average Bonchev–Trinajstić information content (AvgIpc) is 3.36. The highest BCUT2D eigenvalue weighted by molar-refractivity contribution is 6.05. The Kier molecular flexibility index (Phi) is 2.91. The Balaban J connectivity index is 1.99. The zero-order valence-electron chi connectivity index (χ0n) is 15.8. The highest BCUT2D eigenvalue weighted by Crippen LogP contribution is 2.29. The fraction of sp³-hybridized carbons (Fsp3) is 0. The van der Waals surface area contributed by atoms with Crippen molar-refractivity contribution in [3.8, 4) is 0 Å². The number of benzene rings is 3. The summed E-state index contributed by atoms with van der Waals surface area (Å²) in [5, 5.41) is 1.01. The van der Waals surface area contributed by atoms with Crippen LogP contribution >= 0.6 is 0 Å². The monoisotopic (exact) mass is 386 g/mol. The van der Waals surface area contributed by atoms with Gasteiger partial charge >= 0.3 is 0 Å². The summed E-state index contributed by atoms with van der Waals surface area (Å²) in [5.41, 5.74) is 7.97. The molecule has 140 valence electrons. The van der Waals surface area contributed by atoms with Gasteiger partial charge in [-0.25, -0.2) is 15.0 Å². The predicted octanol–water partition coefficient (Wildman–Crippen LogP) is 4.95. The van der Waals surface area contributed by atoms with Gasteiger partial charge in [0.15, 0.2) is 16.9 Å². The summed E-state index contributed by atoms with van der Waals surface area (Å²) in [4.78, 5) is 19.4. The van der Waals surface area contributed by atoms with Gasteiger partial charge in [0.25, 0.3) is 0 Å². The van der Waals surface area contributed by atoms with Crippen LogP contribution in [0.2, 0.25) is 0 Å². The maximum Gasteiger partial charge on any atom is 0.183 e. The Bertz CT molecular complexity index is 1680. The fourth-order valence-corrected chi connectivity index (χ4v) is 4.36. The number of para-hydroxylation sites is 5. The van der Waals surface area contributed by atoms with Gasteiger partial charge in [0.1, 0.15) is 5.52 Å². The molecular weight excluding hydrogens is 372 g/mol. The van der Waals surface area contributed by atoms with Crippen molar-refractivity contribution in [2.45, 2.75) is 0 Å². The number of imidazole rings is 2. The molecule has 0 unspecified atom stereocenters. The second-order valence-corrected chi connectivity index (χ2v) is 7.26. The first kappa shape index (κ1) is 15.6. The summed E-state index contributed by atoms with van der Waals surface area (Å²) in [6.07, 6.45) is 3.47. The standard InChI is InChI=1S/C24H14N6/c1-4-10-18-15(7-1)21-22(26-14-13-25-21)30-20-12-6-3-9-17(20)28-24(30)23-27-16-8-2-5-11-19(16)29(18)23/h1-14H. The molecule has 0 spiro atoms. The summed E-state index contributed by atoms with van der Waals surface area (Å²) in [5.74, 6) is 0. The molecule has 6 nitrogen and oxygen atoms in total. The minimum absolute atomic E-state index is 0.753. The molecule has 0 atom stereocenters. The first-order valence-electron chi connectivity index (χ1n) is 9.77. The van der Waals surface area contributed by atoms with Gasteiger partial charge in [-0.15, -0.1) is 0 Å². The van der Waals surface area contributed by atoms with Crippen molar-refractivity contribution in [3.63, 3.8) is 0 Å². The summed E-state index contributed by atoms with van der Waals surface area (Å²) in [6.45, 7) is 0. The van der Waals surface area contributed by atoms with E-state index in [4.69, 9.17) is 19.9 Å². The highest BCUT2D eigenvalue weighted by Gasteiger charge is 2.16. The van der Waals surface area contributed by atoms with E-state index in [1.54, 1.807) is 12.4 Å². The number of hydrogen-bond donors (Lipinski definition) is 0. The van der Waals surface area contributed by atoms with Crippen LogP contribution in [0.15, 0.2) is 85.2 Å². The SMILES string of the molecule is c1ccc2c(c1)nc1c3nc4ccccc4n3c3nccnc3c3ccccc3n21. The lowest BCUT2D eigenvalue weighted by molar-refractivity contribution is 1.18. The van der Waals surface area contributed by atoms with Crippen LogP contribution < -0.4 is 0 Å². The third-order valence-electron chi connectivity index (χ3n) is 5.61. The lowest BCUT2D eigenvalue weighted by atomic mass is 10.2. The van der Waals surface area contributed by atoms with Crippen LogP contribution in [0, 0.1) is 0 Å². The molecule has 30 heavy (non-hydrogen) atoms. The van der Waals surface area contributed by atoms with Gasteiger partial charge in [0.05, 0.1) is 27.6 Å². The van der Waals surface area contributed by atoms with Gasteiger partial charge in [-0.1, -0.05) is 42.5 Å². The Morgan fingerprint density at radius 2 is 1.07 bits per heavy atom. The third-order valence-corrected chi connectivity index (χ3v) is 5.61. The Labute approximate surface area is 169 Å². The van der Waals surface area contributed by atoms with E-state index in [1.807, 2.05) is 48.5 Å². The first-order valence-corrected chi connectivity index (χ1v) is 9.77. The van der Waals surface area contributed by atoms with Gasteiger partial charge in [-0.3, -0.25) is 13.8 Å². The van der Waals surface area contributed by atoms with Crippen LogP contribution in [0.4, 0.5) is 0 Å². The number of hydrogen-bond acceptors (Lipinski definition) is 4. The minimum atomic E-state index is 0.753. The smallest absolute Gasteiger partial charge is 0.183 e. The molecular formula is C24H14N6. The molecule has 0 aliphatic rings. The molecule has 4 aromatic heterocycles. The van der Waals surface area contributed by atoms with Gasteiger partial charge in [0.2, 0.25) is 0 Å². The number of fused-ring (bicyclic) bond motifs is 12. The Hall–Kier alpha value is -4.32. The zero-order valence-corrected chi connectivity index (χ0v) is 15.8. The molecule has 4 heterocycles. The van der Waals surface area contributed by atoms with Crippen molar-refractivity contribution < 1.29 is 0 Å². The van der Waals surface area contributed by atoms with Crippen LogP contribution in [-0.4, -0.2) is 28.7 Å². The quantitative estimate of drug-likeness (QED) is 0.370. The number of aromatic nitrogens is 6. The fourth-order valence-electron chi connectivity index (χ4n) is 4.36. The van der Waals surface area contributed by atoms with E-state index in [0.717, 1.165) is 55.4 Å². The predicted molar refractivity (Wildman–Crippen MR) is 118 cm³/mol. The van der Waals surface area contributed by atoms with E-state index in [2.05, 4.69) is 33.1 Å². The van der Waals surface area contributed by atoms with Gasteiger partial charge in [-0.05, 0) is 30.3 Å². The topological polar surface area (TPSA) is 60.4 Å². The average molecular weight is 386 g/mol. The maximum atomic E-state index is 4.99. The molecule has 3 aromatic carbocycles. The second kappa shape index (κ2) is 5.61. The van der Waals surface area contributed by atoms with Crippen LogP contribution in [0.5, 0.6) is 0 Å². The molecule has 6 heteroatoms. The zero-order chi connectivity index (χ0) is 19.7. The molecule has 0 saturated heterocycles. The summed E-state index contributed by atoms with van der Waals surface area (Å²) in [6, 6.07) is 24.5. The minimum Gasteiger partial charge on any atom is -0.289 e. The number of nitrogens with zero attached hydrogens (tertiary/aromatic N) is 6. The molecule has 0 fully saturated rings. The lowest BCUT2D eigenvalue weighted by Crippen LogP contribution is -1.96. The van der Waals surface area contributed by atoms with Crippen LogP contribution in [0.3, 0.4) is 0 Å². The van der Waals surface area contributed by atoms with Crippen LogP contribution in [0.1, 0.15) is 0 Å². The molecule has 7 aromatic rings. The third kappa shape index (κ3) is 1.92. The second-order valence-electron chi connectivity index (χ2n) is 7.26. The molecule has 0 amide bonds. The van der Waals surface area contributed by atoms with Gasteiger partial charge < -0.3 is 0 Å². The lowest BCUT2D eigenvalue weighted by Gasteiger charge is -2.06. The molecule has 0 N–H and O–H groups in total. The summed E-state index contributed by atoms with van der Waals surface area (Å²) < 4.78 is 4.26. The maximum absolute atomic E-state index is 4.99. The van der Waals surface area contributed by atoms with Crippen molar-refractivity contribution in [1.82, 2.24) is 28.7 Å². The number of rotatable bonds is 0. The Morgan fingerprint density at radius 3 is 1.83 bits per heavy atom. The van der Waals surface area contributed by atoms with E-state index in [9.17, 15) is 0 Å². The van der Waals surface area contributed by atoms with Crippen molar-refractivity contribution in [1.29, 1.82) is 0 Å². The molecule has 0 aliphatic heterocycles. The molecule has 0 bridgehead atoms. The van der Waals surface area contributed by atoms with Crippen molar-refractivity contribution in [2.75, 3.05) is 0 Å². The summed E-state index contributed by atoms with van der Waals surface area (Å²) >= 11 is 0. The van der Waals surface area contributed by atoms with Crippen LogP contribution in [-0.2, 0) is 0 Å². The molecule has 0 radical (unpaired) electrons. The normalized spacial score (nSPS) is 12.0. The summed E-state index contributed by atoms with van der Waals surface area (Å²) in [7, 11) is 0. The van der Waals surface area contributed by atoms with E-state index in [0.29, 0.717) is 0 Å². The van der Waals surface area contributed by atoms with E-state index in [1.165, 1.54) is 0 Å². The molecule has 0 saturated carbocycles. The molecule has 0 aliphatic carbocycles. The van der Waals surface area contributed by atoms with E-state index >= 15 is 0 Å². The van der Waals surface area contributed by atoms with Crippen molar-refractivity contribution in [3.05, 3.63) is 85.2 Å². The van der Waals surface area contributed by atoms with Crippen LogP contribution in [0.25, 0.3) is 55.4 Å². The van der Waals surface area contributed by atoms with Gasteiger partial charge in [0, 0.05) is 17.8 Å². The molecule has 7 rings (SSSR count). The van der Waals surface area contributed by atoms with Crippen molar-refractivity contribution >= 4 is 55.4 Å². The van der Waals surface area contributed by atoms with E-state index < -0.39 is 0 Å². The van der Waals surface area contributed by atoms with Crippen molar-refractivity contribution in [2.24, 2.45) is 0 Å². The largest absolute Gasteiger partial charge is 0.289 e. The Morgan fingerprint density at radius 1 is 0.500 bits per heavy atom. The van der Waals surface area contributed by atoms with E-state index in [-0.39, 0.29) is 0 Å². The highest BCUT2D eigenvalue weighted by atomic mass is 15.1. The van der Waals surface area contributed by atoms with Gasteiger partial charge in [-0.2, -0.15) is 0 Å².